The van der Waals surface area contributed by atoms with Crippen LogP contribution in [0.3, 0.4) is 0 Å². The molecule has 11 heteroatoms. The van der Waals surface area contributed by atoms with Gasteiger partial charge in [0.1, 0.15) is 6.61 Å². The number of nitrogens with one attached hydrogen (secondary N) is 1. The molecule has 4 rings (SSSR count). The third-order valence-corrected chi connectivity index (χ3v) is 6.52. The van der Waals surface area contributed by atoms with Crippen LogP contribution in [0.2, 0.25) is 0 Å². The maximum atomic E-state index is 12.3. The lowest BCUT2D eigenvalue weighted by atomic mass is 9.97. The molecule has 0 radical (unpaired) electrons. The van der Waals surface area contributed by atoms with Crippen LogP contribution in [-0.4, -0.2) is 70.9 Å². The Morgan fingerprint density at radius 1 is 1.13 bits per heavy atom. The molecule has 1 N–H and O–H groups in total. The van der Waals surface area contributed by atoms with E-state index in [4.69, 9.17) is 4.74 Å². The Hall–Kier alpha value is -3.05. The van der Waals surface area contributed by atoms with Crippen LogP contribution in [0.15, 0.2) is 42.5 Å². The number of benzene rings is 1. The van der Waals surface area contributed by atoms with E-state index in [0.29, 0.717) is 49.8 Å². The largest absolute Gasteiger partial charge is 0.475 e. The first-order valence-corrected chi connectivity index (χ1v) is 11.9. The van der Waals surface area contributed by atoms with Crippen molar-refractivity contribution in [3.05, 3.63) is 42.5 Å². The summed E-state index contributed by atoms with van der Waals surface area (Å²) in [6.07, 6.45) is 2.24. The molecule has 10 nitrogen and oxygen atoms in total. The fourth-order valence-corrected chi connectivity index (χ4v) is 4.41. The minimum Gasteiger partial charge on any atom is -0.475 e. The van der Waals surface area contributed by atoms with Gasteiger partial charge in [0, 0.05) is 30.6 Å². The minimum absolute atomic E-state index is 0.0784. The van der Waals surface area contributed by atoms with Crippen molar-refractivity contribution in [1.82, 2.24) is 29.4 Å². The number of sulfonamides is 1. The highest BCUT2D eigenvalue weighted by Crippen LogP contribution is 2.20. The van der Waals surface area contributed by atoms with Gasteiger partial charge in [0.25, 0.3) is 0 Å². The molecule has 1 aliphatic rings. The molecule has 1 aromatic carbocycles. The molecule has 0 unspecified atom stereocenters. The number of piperidine rings is 1. The Balaban J connectivity index is 1.29. The first-order chi connectivity index (χ1) is 14.9. The van der Waals surface area contributed by atoms with Crippen LogP contribution in [0.4, 0.5) is 0 Å². The SMILES string of the molecule is CS(=O)(=O)N1CCC(C(=O)NCCOc2ccc3nnc(-c4ccccc4)n3n2)CC1. The fraction of sp³-hybridized carbons (Fsp3) is 0.400. The standard InChI is InChI=1S/C20H24N6O4S/c1-31(28,29)25-12-9-16(10-13-25)20(27)21-11-14-30-18-8-7-17-22-23-19(26(17)24-18)15-5-3-2-4-6-15/h2-8,16H,9-14H2,1H3,(H,21,27). The minimum atomic E-state index is -3.20. The molecular weight excluding hydrogens is 420 g/mol. The Bertz CT molecular complexity index is 1160. The van der Waals surface area contributed by atoms with E-state index in [1.54, 1.807) is 16.6 Å². The number of carbonyl (C=O) groups excluding carboxylic acids is 1. The molecule has 3 aromatic rings. The number of nitrogens with zero attached hydrogens (tertiary/aromatic N) is 5. The Morgan fingerprint density at radius 2 is 1.87 bits per heavy atom. The van der Waals surface area contributed by atoms with E-state index in [0.717, 1.165) is 5.56 Å². The molecule has 0 saturated carbocycles. The normalized spacial score (nSPS) is 15.8. The average Bonchev–Trinajstić information content (AvgIpc) is 3.20. The highest BCUT2D eigenvalue weighted by molar-refractivity contribution is 7.88. The molecule has 0 bridgehead atoms. The number of hydrogen-bond acceptors (Lipinski definition) is 7. The maximum absolute atomic E-state index is 12.3. The van der Waals surface area contributed by atoms with Crippen molar-refractivity contribution >= 4 is 21.6 Å². The number of aromatic nitrogens is 4. The molecule has 0 spiro atoms. The average molecular weight is 445 g/mol. The second-order valence-corrected chi connectivity index (χ2v) is 9.39. The van der Waals surface area contributed by atoms with Gasteiger partial charge >= 0.3 is 0 Å². The Kier molecular flexibility index (Phi) is 6.14. The van der Waals surface area contributed by atoms with Crippen LogP contribution in [0.25, 0.3) is 17.0 Å². The van der Waals surface area contributed by atoms with Gasteiger partial charge in [-0.15, -0.1) is 15.3 Å². The maximum Gasteiger partial charge on any atom is 0.231 e. The van der Waals surface area contributed by atoms with Crippen molar-refractivity contribution < 1.29 is 17.9 Å². The molecule has 0 atom stereocenters. The smallest absolute Gasteiger partial charge is 0.231 e. The third kappa shape index (κ3) is 5.00. The van der Waals surface area contributed by atoms with Crippen LogP contribution in [-0.2, 0) is 14.8 Å². The van der Waals surface area contributed by atoms with Gasteiger partial charge in [0.15, 0.2) is 11.5 Å². The van der Waals surface area contributed by atoms with Gasteiger partial charge in [-0.1, -0.05) is 30.3 Å². The van der Waals surface area contributed by atoms with E-state index in [2.05, 4.69) is 20.6 Å². The topological polar surface area (TPSA) is 119 Å². The molecule has 3 heterocycles. The zero-order valence-corrected chi connectivity index (χ0v) is 18.0. The van der Waals surface area contributed by atoms with Gasteiger partial charge < -0.3 is 10.1 Å². The second kappa shape index (κ2) is 8.98. The summed E-state index contributed by atoms with van der Waals surface area (Å²) in [5.41, 5.74) is 1.51. The van der Waals surface area contributed by atoms with E-state index in [9.17, 15) is 13.2 Å². The second-order valence-electron chi connectivity index (χ2n) is 7.41. The number of rotatable bonds is 7. The van der Waals surface area contributed by atoms with Crippen molar-refractivity contribution in [2.75, 3.05) is 32.5 Å². The van der Waals surface area contributed by atoms with E-state index < -0.39 is 10.0 Å². The lowest BCUT2D eigenvalue weighted by Crippen LogP contribution is -2.43. The summed E-state index contributed by atoms with van der Waals surface area (Å²) in [6.45, 7) is 1.34. The molecule has 1 amide bonds. The van der Waals surface area contributed by atoms with Crippen LogP contribution < -0.4 is 10.1 Å². The van der Waals surface area contributed by atoms with Crippen molar-refractivity contribution in [2.24, 2.45) is 5.92 Å². The van der Waals surface area contributed by atoms with Crippen LogP contribution in [0, 0.1) is 5.92 Å². The predicted molar refractivity (Wildman–Crippen MR) is 114 cm³/mol. The Morgan fingerprint density at radius 3 is 2.58 bits per heavy atom. The van der Waals surface area contributed by atoms with E-state index >= 15 is 0 Å². The van der Waals surface area contributed by atoms with E-state index in [1.807, 2.05) is 30.3 Å². The lowest BCUT2D eigenvalue weighted by molar-refractivity contribution is -0.126. The predicted octanol–water partition coefficient (Wildman–Crippen LogP) is 0.958. The Labute approximate surface area is 180 Å². The van der Waals surface area contributed by atoms with Gasteiger partial charge in [-0.05, 0) is 18.9 Å². The quantitative estimate of drug-likeness (QED) is 0.539. The fourth-order valence-electron chi connectivity index (χ4n) is 3.54. The molecule has 1 aliphatic heterocycles. The molecule has 2 aromatic heterocycles. The highest BCUT2D eigenvalue weighted by atomic mass is 32.2. The molecular formula is C20H24N6O4S. The molecule has 1 fully saturated rings. The van der Waals surface area contributed by atoms with Gasteiger partial charge in [-0.2, -0.15) is 4.52 Å². The van der Waals surface area contributed by atoms with Crippen molar-refractivity contribution in [3.8, 4) is 17.3 Å². The number of amides is 1. The van der Waals surface area contributed by atoms with Crippen molar-refractivity contribution in [3.63, 3.8) is 0 Å². The number of hydrogen-bond donors (Lipinski definition) is 1. The van der Waals surface area contributed by atoms with Crippen molar-refractivity contribution in [1.29, 1.82) is 0 Å². The summed E-state index contributed by atoms with van der Waals surface area (Å²) in [5.74, 6) is 0.762. The number of ether oxygens (including phenoxy) is 1. The van der Waals surface area contributed by atoms with Gasteiger partial charge in [0.2, 0.25) is 21.8 Å². The van der Waals surface area contributed by atoms with Crippen LogP contribution in [0.5, 0.6) is 5.88 Å². The van der Waals surface area contributed by atoms with Gasteiger partial charge in [-0.3, -0.25) is 4.79 Å². The van der Waals surface area contributed by atoms with Crippen LogP contribution in [0.1, 0.15) is 12.8 Å². The summed E-state index contributed by atoms with van der Waals surface area (Å²) in [5, 5.41) is 15.6. The first kappa shape index (κ1) is 21.2. The zero-order valence-electron chi connectivity index (χ0n) is 17.1. The molecule has 164 valence electrons. The molecule has 31 heavy (non-hydrogen) atoms. The lowest BCUT2D eigenvalue weighted by Gasteiger charge is -2.29. The molecule has 0 aliphatic carbocycles. The summed E-state index contributed by atoms with van der Waals surface area (Å²) in [7, 11) is -3.20. The summed E-state index contributed by atoms with van der Waals surface area (Å²) in [6, 6.07) is 13.1. The van der Waals surface area contributed by atoms with Gasteiger partial charge in [0.05, 0.1) is 12.8 Å². The number of fused-ring (bicyclic) bond motifs is 1. The zero-order chi connectivity index (χ0) is 21.8. The highest BCUT2D eigenvalue weighted by Gasteiger charge is 2.28. The summed E-state index contributed by atoms with van der Waals surface area (Å²) < 4.78 is 31.9. The summed E-state index contributed by atoms with van der Waals surface area (Å²) >= 11 is 0. The van der Waals surface area contributed by atoms with Gasteiger partial charge in [-0.25, -0.2) is 12.7 Å². The van der Waals surface area contributed by atoms with Crippen LogP contribution >= 0.6 is 0 Å². The monoisotopic (exact) mass is 444 g/mol. The van der Waals surface area contributed by atoms with Crippen molar-refractivity contribution in [2.45, 2.75) is 12.8 Å². The summed E-state index contributed by atoms with van der Waals surface area (Å²) in [4.78, 5) is 12.3. The first-order valence-electron chi connectivity index (χ1n) is 10.1. The molecule has 1 saturated heterocycles. The van der Waals surface area contributed by atoms with E-state index in [1.165, 1.54) is 10.6 Å². The third-order valence-electron chi connectivity index (χ3n) is 5.22. The van der Waals surface area contributed by atoms with E-state index in [-0.39, 0.29) is 18.4 Å². The number of carbonyl (C=O) groups is 1.